The van der Waals surface area contributed by atoms with Gasteiger partial charge in [-0.3, -0.25) is 9.69 Å². The van der Waals surface area contributed by atoms with Crippen molar-refractivity contribution in [3.8, 4) is 0 Å². The van der Waals surface area contributed by atoms with Crippen LogP contribution in [-0.2, 0) is 9.53 Å². The first kappa shape index (κ1) is 14.0. The van der Waals surface area contributed by atoms with Crippen LogP contribution in [0, 0.1) is 5.92 Å². The average Bonchev–Trinajstić information content (AvgIpc) is 3.17. The van der Waals surface area contributed by atoms with Gasteiger partial charge in [0, 0.05) is 12.5 Å². The van der Waals surface area contributed by atoms with Gasteiger partial charge < -0.3 is 9.64 Å². The van der Waals surface area contributed by atoms with Crippen LogP contribution in [0.15, 0.2) is 0 Å². The molecule has 1 aliphatic carbocycles. The molecule has 3 heterocycles. The van der Waals surface area contributed by atoms with E-state index in [4.69, 9.17) is 4.74 Å². The zero-order chi connectivity index (χ0) is 14.3. The van der Waals surface area contributed by atoms with Crippen molar-refractivity contribution in [1.29, 1.82) is 0 Å². The Hall–Kier alpha value is -0.610. The van der Waals surface area contributed by atoms with E-state index in [1.165, 1.54) is 51.6 Å². The van der Waals surface area contributed by atoms with Crippen molar-refractivity contribution in [3.05, 3.63) is 0 Å². The lowest BCUT2D eigenvalue weighted by molar-refractivity contribution is -0.158. The van der Waals surface area contributed by atoms with Gasteiger partial charge in [0.2, 0.25) is 5.91 Å². The van der Waals surface area contributed by atoms with Gasteiger partial charge in [-0.25, -0.2) is 0 Å². The van der Waals surface area contributed by atoms with Gasteiger partial charge in [-0.1, -0.05) is 12.8 Å². The highest BCUT2D eigenvalue weighted by molar-refractivity contribution is 5.77. The predicted octanol–water partition coefficient (Wildman–Crippen LogP) is 2.03. The van der Waals surface area contributed by atoms with Gasteiger partial charge in [-0.2, -0.15) is 0 Å². The second kappa shape index (κ2) is 5.54. The van der Waals surface area contributed by atoms with Crippen molar-refractivity contribution < 1.29 is 9.53 Å². The molecule has 21 heavy (non-hydrogen) atoms. The van der Waals surface area contributed by atoms with E-state index in [0.717, 1.165) is 32.5 Å². The number of hydrogen-bond donors (Lipinski definition) is 0. The quantitative estimate of drug-likeness (QED) is 0.798. The topological polar surface area (TPSA) is 32.8 Å². The van der Waals surface area contributed by atoms with Crippen LogP contribution in [0.1, 0.15) is 51.4 Å². The van der Waals surface area contributed by atoms with Crippen molar-refractivity contribution in [2.75, 3.05) is 32.8 Å². The third-order valence-electron chi connectivity index (χ3n) is 6.10. The van der Waals surface area contributed by atoms with Crippen LogP contribution in [-0.4, -0.2) is 60.1 Å². The molecule has 0 N–H and O–H groups in total. The SMILES string of the molecule is O=C(CC1CCCC1)N1CC2(CC(N3CCCC3)CO2)C1. The van der Waals surface area contributed by atoms with Crippen LogP contribution in [0.4, 0.5) is 0 Å². The first-order valence-corrected chi connectivity index (χ1v) is 8.90. The summed E-state index contributed by atoms with van der Waals surface area (Å²) in [5, 5.41) is 0. The third-order valence-corrected chi connectivity index (χ3v) is 6.10. The smallest absolute Gasteiger partial charge is 0.223 e. The Bertz CT molecular complexity index is 394. The average molecular weight is 292 g/mol. The molecule has 0 aromatic heterocycles. The molecule has 118 valence electrons. The van der Waals surface area contributed by atoms with E-state index in [0.29, 0.717) is 17.9 Å². The second-order valence-corrected chi connectivity index (χ2v) is 7.70. The number of hydrogen-bond acceptors (Lipinski definition) is 3. The molecule has 1 atom stereocenters. The summed E-state index contributed by atoms with van der Waals surface area (Å²) in [6.45, 7) is 5.07. The van der Waals surface area contributed by atoms with E-state index in [1.54, 1.807) is 0 Å². The molecule has 3 aliphatic heterocycles. The van der Waals surface area contributed by atoms with Gasteiger partial charge >= 0.3 is 0 Å². The Labute approximate surface area is 127 Å². The number of nitrogens with zero attached hydrogens (tertiary/aromatic N) is 2. The van der Waals surface area contributed by atoms with E-state index in [2.05, 4.69) is 4.90 Å². The van der Waals surface area contributed by atoms with Gasteiger partial charge in [0.15, 0.2) is 0 Å². The van der Waals surface area contributed by atoms with Crippen molar-refractivity contribution in [1.82, 2.24) is 9.80 Å². The van der Waals surface area contributed by atoms with Crippen molar-refractivity contribution >= 4 is 5.91 Å². The molecule has 0 bridgehead atoms. The summed E-state index contributed by atoms with van der Waals surface area (Å²) in [5.74, 6) is 1.04. The molecule has 1 spiro atoms. The monoisotopic (exact) mass is 292 g/mol. The molecular formula is C17H28N2O2. The van der Waals surface area contributed by atoms with E-state index in [1.807, 2.05) is 4.90 Å². The lowest BCUT2D eigenvalue weighted by Gasteiger charge is -2.47. The molecule has 1 saturated carbocycles. The summed E-state index contributed by atoms with van der Waals surface area (Å²) in [6.07, 6.45) is 9.78. The fraction of sp³-hybridized carbons (Fsp3) is 0.941. The molecule has 1 amide bonds. The fourth-order valence-corrected chi connectivity index (χ4v) is 4.80. The molecule has 0 radical (unpaired) electrons. The number of carbonyl (C=O) groups excluding carboxylic acids is 1. The highest BCUT2D eigenvalue weighted by atomic mass is 16.5. The summed E-state index contributed by atoms with van der Waals surface area (Å²) in [4.78, 5) is 17.0. The fourth-order valence-electron chi connectivity index (χ4n) is 4.80. The van der Waals surface area contributed by atoms with Crippen LogP contribution in [0.5, 0.6) is 0 Å². The van der Waals surface area contributed by atoms with Gasteiger partial charge in [0.05, 0.1) is 19.7 Å². The first-order chi connectivity index (χ1) is 10.2. The van der Waals surface area contributed by atoms with E-state index >= 15 is 0 Å². The predicted molar refractivity (Wildman–Crippen MR) is 81.1 cm³/mol. The van der Waals surface area contributed by atoms with Crippen molar-refractivity contribution in [2.24, 2.45) is 5.92 Å². The van der Waals surface area contributed by atoms with E-state index < -0.39 is 0 Å². The van der Waals surface area contributed by atoms with E-state index in [9.17, 15) is 4.79 Å². The van der Waals surface area contributed by atoms with Crippen LogP contribution >= 0.6 is 0 Å². The molecule has 4 fully saturated rings. The molecule has 0 aromatic carbocycles. The minimum atomic E-state index is 0.0125. The highest BCUT2D eigenvalue weighted by Crippen LogP contribution is 2.38. The minimum absolute atomic E-state index is 0.0125. The first-order valence-electron chi connectivity index (χ1n) is 8.90. The Balaban J connectivity index is 1.25. The lowest BCUT2D eigenvalue weighted by Crippen LogP contribution is -2.63. The van der Waals surface area contributed by atoms with Gasteiger partial charge in [-0.05, 0) is 51.1 Å². The van der Waals surface area contributed by atoms with Crippen LogP contribution in [0.2, 0.25) is 0 Å². The summed E-state index contributed by atoms with van der Waals surface area (Å²) in [5.41, 5.74) is 0.0125. The maximum atomic E-state index is 12.3. The zero-order valence-electron chi connectivity index (χ0n) is 13.1. The third kappa shape index (κ3) is 2.72. The Kier molecular flexibility index (Phi) is 3.70. The molecule has 3 saturated heterocycles. The van der Waals surface area contributed by atoms with Gasteiger partial charge in [0.1, 0.15) is 5.60 Å². The number of rotatable bonds is 3. The number of amides is 1. The normalized spacial score (nSPS) is 33.0. The van der Waals surface area contributed by atoms with Gasteiger partial charge in [-0.15, -0.1) is 0 Å². The maximum Gasteiger partial charge on any atom is 0.223 e. The molecule has 4 nitrogen and oxygen atoms in total. The summed E-state index contributed by atoms with van der Waals surface area (Å²) in [6, 6.07) is 0.611. The minimum Gasteiger partial charge on any atom is -0.370 e. The Morgan fingerprint density at radius 1 is 1.10 bits per heavy atom. The summed E-state index contributed by atoms with van der Waals surface area (Å²) in [7, 11) is 0. The number of likely N-dealkylation sites (tertiary alicyclic amines) is 2. The number of ether oxygens (including phenoxy) is 1. The van der Waals surface area contributed by atoms with Crippen LogP contribution in [0.3, 0.4) is 0 Å². The molecule has 4 heteroatoms. The Morgan fingerprint density at radius 3 is 2.52 bits per heavy atom. The van der Waals surface area contributed by atoms with Crippen molar-refractivity contribution in [2.45, 2.75) is 63.0 Å². The standard InChI is InChI=1S/C17H28N2O2/c20-16(9-14-5-1-2-6-14)19-12-17(13-19)10-15(11-21-17)18-7-3-4-8-18/h14-15H,1-13H2. The van der Waals surface area contributed by atoms with E-state index in [-0.39, 0.29) is 5.60 Å². The van der Waals surface area contributed by atoms with Crippen molar-refractivity contribution in [3.63, 3.8) is 0 Å². The summed E-state index contributed by atoms with van der Waals surface area (Å²) >= 11 is 0. The molecule has 0 aromatic rings. The Morgan fingerprint density at radius 2 is 1.81 bits per heavy atom. The second-order valence-electron chi connectivity index (χ2n) is 7.70. The van der Waals surface area contributed by atoms with Gasteiger partial charge in [0.25, 0.3) is 0 Å². The zero-order valence-corrected chi connectivity index (χ0v) is 13.1. The maximum absolute atomic E-state index is 12.3. The number of carbonyl (C=O) groups is 1. The molecule has 1 unspecified atom stereocenters. The lowest BCUT2D eigenvalue weighted by atomic mass is 9.88. The summed E-state index contributed by atoms with van der Waals surface area (Å²) < 4.78 is 6.12. The largest absolute Gasteiger partial charge is 0.370 e. The molecule has 4 rings (SSSR count). The molecular weight excluding hydrogens is 264 g/mol. The van der Waals surface area contributed by atoms with Crippen LogP contribution in [0.25, 0.3) is 0 Å². The van der Waals surface area contributed by atoms with Crippen LogP contribution < -0.4 is 0 Å². The molecule has 4 aliphatic rings. The highest BCUT2D eigenvalue weighted by Gasteiger charge is 2.52.